The van der Waals surface area contributed by atoms with Crippen molar-refractivity contribution < 1.29 is 0 Å². The SMILES string of the molecule is [C-]#[N+]c1ncccc1SCC. The zero-order valence-corrected chi connectivity index (χ0v) is 7.06. The quantitative estimate of drug-likeness (QED) is 0.494. The first-order chi connectivity index (χ1) is 5.38. The van der Waals surface area contributed by atoms with Crippen molar-refractivity contribution in [1.29, 1.82) is 0 Å². The lowest BCUT2D eigenvalue weighted by Crippen LogP contribution is -1.76. The number of nitrogens with zero attached hydrogens (tertiary/aromatic N) is 2. The van der Waals surface area contributed by atoms with E-state index in [1.807, 2.05) is 12.1 Å². The second kappa shape index (κ2) is 3.99. The minimum atomic E-state index is 0.513. The normalized spacial score (nSPS) is 9.09. The molecule has 1 heterocycles. The van der Waals surface area contributed by atoms with E-state index in [1.165, 1.54) is 0 Å². The Bertz CT molecular complexity index is 278. The minimum absolute atomic E-state index is 0.513. The number of pyridine rings is 1. The zero-order chi connectivity index (χ0) is 8.10. The van der Waals surface area contributed by atoms with Gasteiger partial charge in [-0.05, 0) is 11.8 Å². The molecule has 2 nitrogen and oxygen atoms in total. The van der Waals surface area contributed by atoms with Crippen LogP contribution in [0.4, 0.5) is 5.82 Å². The highest BCUT2D eigenvalue weighted by Crippen LogP contribution is 2.26. The van der Waals surface area contributed by atoms with Crippen molar-refractivity contribution in [1.82, 2.24) is 4.98 Å². The van der Waals surface area contributed by atoms with Gasteiger partial charge in [0.05, 0.1) is 0 Å². The topological polar surface area (TPSA) is 17.2 Å². The summed E-state index contributed by atoms with van der Waals surface area (Å²) in [7, 11) is 0. The fourth-order valence-corrected chi connectivity index (χ4v) is 1.45. The van der Waals surface area contributed by atoms with Crippen LogP contribution in [-0.4, -0.2) is 10.7 Å². The number of hydrogen-bond donors (Lipinski definition) is 0. The van der Waals surface area contributed by atoms with Gasteiger partial charge in [-0.15, -0.1) is 16.7 Å². The summed E-state index contributed by atoms with van der Waals surface area (Å²) < 4.78 is 0. The van der Waals surface area contributed by atoms with Gasteiger partial charge < -0.3 is 4.85 Å². The minimum Gasteiger partial charge on any atom is -0.360 e. The van der Waals surface area contributed by atoms with Gasteiger partial charge in [0.15, 0.2) is 0 Å². The number of rotatable bonds is 2. The summed E-state index contributed by atoms with van der Waals surface area (Å²) in [6, 6.07) is 3.78. The molecule has 1 aromatic rings. The molecule has 0 aliphatic carbocycles. The summed E-state index contributed by atoms with van der Waals surface area (Å²) in [5.41, 5.74) is 0. The van der Waals surface area contributed by atoms with Crippen LogP contribution in [0.1, 0.15) is 6.92 Å². The van der Waals surface area contributed by atoms with E-state index in [1.54, 1.807) is 18.0 Å². The highest BCUT2D eigenvalue weighted by molar-refractivity contribution is 7.99. The maximum atomic E-state index is 6.81. The van der Waals surface area contributed by atoms with E-state index < -0.39 is 0 Å². The Labute approximate surface area is 70.5 Å². The van der Waals surface area contributed by atoms with Gasteiger partial charge in [-0.25, -0.2) is 0 Å². The molecule has 0 aliphatic rings. The predicted octanol–water partition coefficient (Wildman–Crippen LogP) is 2.74. The van der Waals surface area contributed by atoms with E-state index in [9.17, 15) is 0 Å². The third-order valence-corrected chi connectivity index (χ3v) is 2.07. The molecule has 56 valence electrons. The van der Waals surface area contributed by atoms with Crippen LogP contribution in [0.3, 0.4) is 0 Å². The van der Waals surface area contributed by atoms with E-state index in [4.69, 9.17) is 6.57 Å². The van der Waals surface area contributed by atoms with Gasteiger partial charge in [-0.1, -0.05) is 19.6 Å². The summed E-state index contributed by atoms with van der Waals surface area (Å²) in [4.78, 5) is 8.22. The fourth-order valence-electron chi connectivity index (χ4n) is 0.734. The average Bonchev–Trinajstić information content (AvgIpc) is 2.06. The lowest BCUT2D eigenvalue weighted by molar-refractivity contribution is 1.27. The van der Waals surface area contributed by atoms with Gasteiger partial charge in [0.1, 0.15) is 6.20 Å². The molecule has 0 aliphatic heterocycles. The molecule has 0 saturated heterocycles. The molecule has 0 saturated carbocycles. The van der Waals surface area contributed by atoms with Crippen LogP contribution in [-0.2, 0) is 0 Å². The summed E-state index contributed by atoms with van der Waals surface area (Å²) in [5, 5.41) is 0. The van der Waals surface area contributed by atoms with E-state index in [2.05, 4.69) is 16.8 Å². The van der Waals surface area contributed by atoms with Crippen molar-refractivity contribution in [3.63, 3.8) is 0 Å². The second-order valence-electron chi connectivity index (χ2n) is 1.87. The van der Waals surface area contributed by atoms with Gasteiger partial charge in [0, 0.05) is 4.90 Å². The molecule has 0 atom stereocenters. The fraction of sp³-hybridized carbons (Fsp3) is 0.250. The molecule has 1 aromatic heterocycles. The van der Waals surface area contributed by atoms with Gasteiger partial charge in [-0.3, -0.25) is 0 Å². The zero-order valence-electron chi connectivity index (χ0n) is 6.24. The molecule has 0 aromatic carbocycles. The first-order valence-electron chi connectivity index (χ1n) is 3.33. The maximum Gasteiger partial charge on any atom is 0.283 e. The van der Waals surface area contributed by atoms with Gasteiger partial charge in [-0.2, -0.15) is 0 Å². The van der Waals surface area contributed by atoms with Crippen molar-refractivity contribution >= 4 is 17.6 Å². The molecule has 0 spiro atoms. The molecule has 0 N–H and O–H groups in total. The lowest BCUT2D eigenvalue weighted by Gasteiger charge is -1.97. The highest BCUT2D eigenvalue weighted by Gasteiger charge is 2.00. The molecule has 1 rings (SSSR count). The number of aromatic nitrogens is 1. The Hall–Kier alpha value is -1.01. The standard InChI is InChI=1S/C8H8N2S/c1-3-11-7-5-4-6-10-8(7)9-2/h4-6H,3H2,1H3. The third kappa shape index (κ3) is 1.95. The molecule has 3 heteroatoms. The summed E-state index contributed by atoms with van der Waals surface area (Å²) in [6.07, 6.45) is 1.65. The van der Waals surface area contributed by atoms with E-state index in [0.29, 0.717) is 5.82 Å². The average molecular weight is 164 g/mol. The molecular weight excluding hydrogens is 156 g/mol. The lowest BCUT2D eigenvalue weighted by atomic mass is 10.5. The summed E-state index contributed by atoms with van der Waals surface area (Å²) >= 11 is 1.65. The van der Waals surface area contributed by atoms with E-state index in [-0.39, 0.29) is 0 Å². The van der Waals surface area contributed by atoms with Crippen LogP contribution in [0.15, 0.2) is 23.2 Å². The molecule has 0 fully saturated rings. The Kier molecular flexibility index (Phi) is 2.94. The van der Waals surface area contributed by atoms with E-state index >= 15 is 0 Å². The van der Waals surface area contributed by atoms with Crippen LogP contribution in [0.5, 0.6) is 0 Å². The monoisotopic (exact) mass is 164 g/mol. The first kappa shape index (κ1) is 8.09. The summed E-state index contributed by atoms with van der Waals surface area (Å²) in [6.45, 7) is 8.87. The van der Waals surface area contributed by atoms with Crippen molar-refractivity contribution in [2.24, 2.45) is 0 Å². The Morgan fingerprint density at radius 3 is 3.18 bits per heavy atom. The van der Waals surface area contributed by atoms with Crippen molar-refractivity contribution in [2.75, 3.05) is 5.75 Å². The van der Waals surface area contributed by atoms with Gasteiger partial charge >= 0.3 is 0 Å². The molecule has 0 radical (unpaired) electrons. The van der Waals surface area contributed by atoms with Crippen LogP contribution in [0.2, 0.25) is 0 Å². The molecule has 0 unspecified atom stereocenters. The molecular formula is C8H8N2S. The Balaban J connectivity index is 2.95. The summed E-state index contributed by atoms with van der Waals surface area (Å²) in [5.74, 6) is 1.49. The van der Waals surface area contributed by atoms with Crippen LogP contribution >= 0.6 is 11.8 Å². The predicted molar refractivity (Wildman–Crippen MR) is 46.9 cm³/mol. The molecule has 0 bridgehead atoms. The number of thioether (sulfide) groups is 1. The Morgan fingerprint density at radius 1 is 1.73 bits per heavy atom. The van der Waals surface area contributed by atoms with Crippen LogP contribution < -0.4 is 0 Å². The van der Waals surface area contributed by atoms with Crippen molar-refractivity contribution in [3.05, 3.63) is 29.7 Å². The van der Waals surface area contributed by atoms with Crippen LogP contribution in [0, 0.1) is 6.57 Å². The van der Waals surface area contributed by atoms with Gasteiger partial charge in [0.2, 0.25) is 0 Å². The molecule has 11 heavy (non-hydrogen) atoms. The van der Waals surface area contributed by atoms with Gasteiger partial charge in [0.25, 0.3) is 5.82 Å². The Morgan fingerprint density at radius 2 is 2.55 bits per heavy atom. The molecule has 0 amide bonds. The smallest absolute Gasteiger partial charge is 0.283 e. The largest absolute Gasteiger partial charge is 0.360 e. The number of hydrogen-bond acceptors (Lipinski definition) is 2. The highest BCUT2D eigenvalue weighted by atomic mass is 32.2. The van der Waals surface area contributed by atoms with Crippen molar-refractivity contribution in [2.45, 2.75) is 11.8 Å². The van der Waals surface area contributed by atoms with Crippen molar-refractivity contribution in [3.8, 4) is 0 Å². The third-order valence-electron chi connectivity index (χ3n) is 1.16. The first-order valence-corrected chi connectivity index (χ1v) is 4.32. The maximum absolute atomic E-state index is 6.81. The second-order valence-corrected chi connectivity index (χ2v) is 3.18. The van der Waals surface area contributed by atoms with E-state index in [0.717, 1.165) is 10.6 Å². The van der Waals surface area contributed by atoms with Crippen LogP contribution in [0.25, 0.3) is 4.85 Å².